The summed E-state index contributed by atoms with van der Waals surface area (Å²) >= 11 is 0. The van der Waals surface area contributed by atoms with Gasteiger partial charge in [0.1, 0.15) is 24.4 Å². The molecule has 2 unspecified atom stereocenters. The van der Waals surface area contributed by atoms with Gasteiger partial charge in [0, 0.05) is 18.3 Å². The molecule has 0 radical (unpaired) electrons. The zero-order valence-corrected chi connectivity index (χ0v) is 38.2. The van der Waals surface area contributed by atoms with Crippen LogP contribution < -0.4 is 0 Å². The van der Waals surface area contributed by atoms with Crippen molar-refractivity contribution in [2.75, 3.05) is 0 Å². The average molecular weight is 837 g/mol. The Morgan fingerprint density at radius 3 is 1.73 bits per heavy atom. The van der Waals surface area contributed by atoms with E-state index in [0.29, 0.717) is 38.5 Å². The molecule has 0 aromatic rings. The molecule has 1 fully saturated rings. The fourth-order valence-electron chi connectivity index (χ4n) is 10.1. The lowest BCUT2D eigenvalue weighted by Gasteiger charge is -2.44. The Balaban J connectivity index is 1.11. The number of fused-ring (bicyclic) bond motifs is 2. The van der Waals surface area contributed by atoms with Crippen LogP contribution >= 0.6 is 0 Å². The number of carbonyl (C=O) groups excluding carboxylic acids is 4. The molecule has 10 nitrogen and oxygen atoms in total. The lowest BCUT2D eigenvalue weighted by molar-refractivity contribution is -0.172. The second kappa shape index (κ2) is 20.3. The second-order valence-electron chi connectivity index (χ2n) is 20.5. The topological polar surface area (TPSA) is 146 Å². The summed E-state index contributed by atoms with van der Waals surface area (Å²) in [6.07, 6.45) is 15.2. The van der Waals surface area contributed by atoms with Crippen LogP contribution in [0.5, 0.6) is 0 Å². The lowest BCUT2D eigenvalue weighted by atomic mass is 9.65. The SMILES string of the molecule is CCC(C)(C)C(=O)O[C@H]1C[C@@H](C)C=C2C=CC(C)[C@H](CC[C@@H](O)C[C@@H](O)CC(=O)O[C@H]3CC(=O)OC(CC[C@@H]4[C@@H]5C(=C[C@H](C)C[C@@H]5OC(=O)C(C)(C)CC)C=C[C@@H]4C)C3)[C@H]21. The zero-order valence-electron chi connectivity index (χ0n) is 38.2. The largest absolute Gasteiger partial charge is 0.462 e. The number of cyclic esters (lactones) is 1. The first-order chi connectivity index (χ1) is 28.2. The van der Waals surface area contributed by atoms with Crippen LogP contribution in [0.2, 0.25) is 0 Å². The van der Waals surface area contributed by atoms with Crippen molar-refractivity contribution in [1.82, 2.24) is 0 Å². The van der Waals surface area contributed by atoms with Crippen LogP contribution in [0, 0.1) is 58.2 Å². The predicted octanol–water partition coefficient (Wildman–Crippen LogP) is 9.17. The monoisotopic (exact) mass is 837 g/mol. The highest BCUT2D eigenvalue weighted by Crippen LogP contribution is 2.47. The molecule has 5 rings (SSSR count). The molecule has 14 atom stereocenters. The van der Waals surface area contributed by atoms with Gasteiger partial charge in [0.25, 0.3) is 0 Å². The Hall–Kier alpha value is -3.24. The number of ether oxygens (including phenoxy) is 4. The Morgan fingerprint density at radius 2 is 1.23 bits per heavy atom. The number of aliphatic hydroxyl groups is 2. The highest BCUT2D eigenvalue weighted by Gasteiger charge is 2.45. The maximum absolute atomic E-state index is 13.2. The summed E-state index contributed by atoms with van der Waals surface area (Å²) in [6, 6.07) is 0. The molecule has 60 heavy (non-hydrogen) atoms. The van der Waals surface area contributed by atoms with Crippen molar-refractivity contribution >= 4 is 23.9 Å². The van der Waals surface area contributed by atoms with Crippen LogP contribution in [-0.4, -0.2) is 70.7 Å². The number of esters is 4. The lowest BCUT2D eigenvalue weighted by Crippen LogP contribution is -2.43. The van der Waals surface area contributed by atoms with Crippen molar-refractivity contribution in [3.8, 4) is 0 Å². The molecule has 0 aromatic carbocycles. The van der Waals surface area contributed by atoms with Crippen LogP contribution in [0.15, 0.2) is 47.6 Å². The highest BCUT2D eigenvalue weighted by atomic mass is 16.6. The summed E-state index contributed by atoms with van der Waals surface area (Å²) in [5, 5.41) is 22.0. The molecule has 0 spiro atoms. The molecule has 2 N–H and O–H groups in total. The third-order valence-electron chi connectivity index (χ3n) is 14.7. The Bertz CT molecular complexity index is 1650. The van der Waals surface area contributed by atoms with E-state index in [-0.39, 0.29) is 90.8 Å². The summed E-state index contributed by atoms with van der Waals surface area (Å²) in [5.41, 5.74) is 1.26. The molecule has 5 aliphatic rings. The van der Waals surface area contributed by atoms with Crippen molar-refractivity contribution in [2.24, 2.45) is 58.2 Å². The zero-order chi connectivity index (χ0) is 44.1. The molecule has 0 aromatic heterocycles. The van der Waals surface area contributed by atoms with Crippen LogP contribution in [0.1, 0.15) is 146 Å². The predicted molar refractivity (Wildman–Crippen MR) is 231 cm³/mol. The van der Waals surface area contributed by atoms with Crippen LogP contribution in [0.25, 0.3) is 0 Å². The van der Waals surface area contributed by atoms with Gasteiger partial charge in [0.05, 0.1) is 35.9 Å². The maximum Gasteiger partial charge on any atom is 0.311 e. The van der Waals surface area contributed by atoms with Crippen molar-refractivity contribution in [3.63, 3.8) is 0 Å². The number of aliphatic hydroxyl groups excluding tert-OH is 2. The van der Waals surface area contributed by atoms with Gasteiger partial charge in [-0.1, -0.05) is 78.0 Å². The van der Waals surface area contributed by atoms with Gasteiger partial charge >= 0.3 is 23.9 Å². The minimum absolute atomic E-state index is 0.0194. The van der Waals surface area contributed by atoms with E-state index >= 15 is 0 Å². The summed E-state index contributed by atoms with van der Waals surface area (Å²) in [7, 11) is 0. The third-order valence-corrected chi connectivity index (χ3v) is 14.7. The standard InChI is InChI=1S/C50H76O10/c1-11-49(7,8)47(55)59-41-23-29(3)21-33-15-13-31(5)39(45(33)41)19-17-35(51)25-36(52)26-43(53)58-38-27-37(57-44(54)28-38)18-20-40-32(6)14-16-34-22-30(4)24-42(46(34)40)60-48(56)50(9,10)12-2/h13-16,21-22,29-32,35-42,45-46,51-52H,11-12,17-20,23-28H2,1-10H3/t29-,30-,31?,32-,35+,36+,37?,38+,39-,40-,41-,42-,45-,46-/m0/s1. The van der Waals surface area contributed by atoms with Gasteiger partial charge in [-0.05, 0) is 132 Å². The van der Waals surface area contributed by atoms with Crippen LogP contribution in [0.4, 0.5) is 0 Å². The van der Waals surface area contributed by atoms with Gasteiger partial charge in [-0.15, -0.1) is 0 Å². The summed E-state index contributed by atoms with van der Waals surface area (Å²) in [5.74, 6) is 0.0528. The van der Waals surface area contributed by atoms with Crippen LogP contribution in [0.3, 0.4) is 0 Å². The summed E-state index contributed by atoms with van der Waals surface area (Å²) in [4.78, 5) is 52.3. The van der Waals surface area contributed by atoms with E-state index in [1.54, 1.807) is 0 Å². The van der Waals surface area contributed by atoms with Crippen molar-refractivity contribution in [2.45, 2.75) is 183 Å². The molecule has 10 heteroatoms. The molecule has 336 valence electrons. The molecule has 0 saturated carbocycles. The Kier molecular flexibility index (Phi) is 16.2. The number of hydrogen-bond acceptors (Lipinski definition) is 10. The number of rotatable bonds is 17. The first-order valence-corrected chi connectivity index (χ1v) is 23.2. The Morgan fingerprint density at radius 1 is 0.733 bits per heavy atom. The molecular weight excluding hydrogens is 761 g/mol. The number of hydrogen-bond donors (Lipinski definition) is 2. The van der Waals surface area contributed by atoms with Crippen LogP contribution in [-0.2, 0) is 38.1 Å². The van der Waals surface area contributed by atoms with E-state index in [0.717, 1.165) is 19.3 Å². The van der Waals surface area contributed by atoms with E-state index in [1.165, 1.54) is 11.1 Å². The minimum Gasteiger partial charge on any atom is -0.462 e. The van der Waals surface area contributed by atoms with E-state index in [9.17, 15) is 29.4 Å². The third kappa shape index (κ3) is 12.0. The quantitative estimate of drug-likeness (QED) is 0.107. The molecular formula is C50H76O10. The van der Waals surface area contributed by atoms with Gasteiger partial charge < -0.3 is 29.2 Å². The molecule has 1 aliphatic heterocycles. The molecule has 0 amide bonds. The molecule has 4 aliphatic carbocycles. The fourth-order valence-corrected chi connectivity index (χ4v) is 10.1. The van der Waals surface area contributed by atoms with Gasteiger partial charge in [0.2, 0.25) is 0 Å². The van der Waals surface area contributed by atoms with E-state index in [4.69, 9.17) is 18.9 Å². The fraction of sp³-hybridized carbons (Fsp3) is 0.760. The molecule has 0 bridgehead atoms. The van der Waals surface area contributed by atoms with Gasteiger partial charge in [-0.25, -0.2) is 0 Å². The van der Waals surface area contributed by atoms with E-state index in [1.807, 2.05) is 41.5 Å². The Labute approximate surface area is 360 Å². The van der Waals surface area contributed by atoms with Gasteiger partial charge in [-0.2, -0.15) is 0 Å². The maximum atomic E-state index is 13.2. The number of carbonyl (C=O) groups is 4. The summed E-state index contributed by atoms with van der Waals surface area (Å²) < 4.78 is 24.0. The van der Waals surface area contributed by atoms with Crippen molar-refractivity contribution < 1.29 is 48.3 Å². The molecule has 1 saturated heterocycles. The van der Waals surface area contributed by atoms with Gasteiger partial charge in [0.15, 0.2) is 0 Å². The smallest absolute Gasteiger partial charge is 0.311 e. The highest BCUT2D eigenvalue weighted by molar-refractivity contribution is 5.76. The normalized spacial score (nSPS) is 33.9. The molecule has 1 heterocycles. The first-order valence-electron chi connectivity index (χ1n) is 23.2. The first kappa shape index (κ1) is 47.8. The number of allylic oxidation sites excluding steroid dienone is 6. The average Bonchev–Trinajstić information content (AvgIpc) is 3.16. The van der Waals surface area contributed by atoms with E-state index in [2.05, 4.69) is 64.2 Å². The van der Waals surface area contributed by atoms with Gasteiger partial charge in [-0.3, -0.25) is 19.2 Å². The second-order valence-corrected chi connectivity index (χ2v) is 20.5. The minimum atomic E-state index is -1.11. The van der Waals surface area contributed by atoms with Crippen molar-refractivity contribution in [1.29, 1.82) is 0 Å². The van der Waals surface area contributed by atoms with E-state index < -0.39 is 47.2 Å². The van der Waals surface area contributed by atoms with Crippen molar-refractivity contribution in [3.05, 3.63) is 47.6 Å². The summed E-state index contributed by atoms with van der Waals surface area (Å²) in [6.45, 7) is 20.3.